The summed E-state index contributed by atoms with van der Waals surface area (Å²) < 4.78 is 1.85. The summed E-state index contributed by atoms with van der Waals surface area (Å²) in [5, 5.41) is 22.5. The number of phenols is 1. The predicted molar refractivity (Wildman–Crippen MR) is 133 cm³/mol. The van der Waals surface area contributed by atoms with Gasteiger partial charge in [0.15, 0.2) is 0 Å². The minimum absolute atomic E-state index is 0.0212. The lowest BCUT2D eigenvalue weighted by molar-refractivity contribution is 0.0946. The van der Waals surface area contributed by atoms with Crippen LogP contribution in [0.5, 0.6) is 5.75 Å². The molecule has 6 nitrogen and oxygen atoms in total. The molecule has 0 aliphatic carbocycles. The van der Waals surface area contributed by atoms with Crippen molar-refractivity contribution >= 4 is 45.8 Å². The average Bonchev–Trinajstić information content (AvgIpc) is 3.16. The molecule has 5 N–H and O–H groups in total. The van der Waals surface area contributed by atoms with E-state index in [1.807, 2.05) is 34.9 Å². The lowest BCUT2D eigenvalue weighted by Crippen LogP contribution is -2.28. The van der Waals surface area contributed by atoms with Gasteiger partial charge in [0.05, 0.1) is 15.6 Å². The molecule has 0 atom stereocenters. The Labute approximate surface area is 201 Å². The fourth-order valence-electron chi connectivity index (χ4n) is 3.75. The zero-order chi connectivity index (χ0) is 23.5. The number of nitrogens with one attached hydrogen (secondary N) is 2. The molecule has 0 fully saturated rings. The zero-order valence-corrected chi connectivity index (χ0v) is 19.1. The van der Waals surface area contributed by atoms with E-state index in [-0.39, 0.29) is 17.5 Å². The standard InChI is InChI=1S/C25H22Cl2N4O2/c26-19-8-7-15(12-20(19)27)9-10-30-25(33)22-13-18-21(5-2-6-23(18)32)31(22)14-16-3-1-4-17(11-16)24(28)29/h1-8,11-13,32H,9-10,14H2,(H3,28,29)(H,30,33). The summed E-state index contributed by atoms with van der Waals surface area (Å²) in [6.07, 6.45) is 0.592. The quantitative estimate of drug-likeness (QED) is 0.222. The Balaban J connectivity index is 1.60. The average molecular weight is 481 g/mol. The van der Waals surface area contributed by atoms with Crippen molar-refractivity contribution in [1.82, 2.24) is 9.88 Å². The van der Waals surface area contributed by atoms with Crippen LogP contribution >= 0.6 is 23.2 Å². The molecule has 0 aliphatic heterocycles. The third kappa shape index (κ3) is 4.97. The summed E-state index contributed by atoms with van der Waals surface area (Å²) in [6, 6.07) is 19.6. The van der Waals surface area contributed by atoms with Gasteiger partial charge in [0.1, 0.15) is 17.3 Å². The van der Waals surface area contributed by atoms with Crippen LogP contribution in [0.15, 0.2) is 66.7 Å². The monoisotopic (exact) mass is 480 g/mol. The highest BCUT2D eigenvalue weighted by Crippen LogP contribution is 2.29. The number of carbonyl (C=O) groups excluding carboxylic acids is 1. The van der Waals surface area contributed by atoms with E-state index in [2.05, 4.69) is 5.32 Å². The van der Waals surface area contributed by atoms with Crippen molar-refractivity contribution in [2.24, 2.45) is 5.73 Å². The van der Waals surface area contributed by atoms with Crippen molar-refractivity contribution in [2.45, 2.75) is 13.0 Å². The van der Waals surface area contributed by atoms with Gasteiger partial charge in [0, 0.05) is 24.0 Å². The number of aromatic nitrogens is 1. The molecule has 168 valence electrons. The topological polar surface area (TPSA) is 104 Å². The first kappa shape index (κ1) is 22.7. The molecule has 0 saturated heterocycles. The van der Waals surface area contributed by atoms with E-state index in [9.17, 15) is 9.90 Å². The van der Waals surface area contributed by atoms with Gasteiger partial charge in [-0.25, -0.2) is 0 Å². The van der Waals surface area contributed by atoms with Gasteiger partial charge in [-0.15, -0.1) is 0 Å². The Kier molecular flexibility index (Phi) is 6.58. The molecule has 1 amide bonds. The smallest absolute Gasteiger partial charge is 0.267 e. The van der Waals surface area contributed by atoms with Gasteiger partial charge in [0.25, 0.3) is 5.91 Å². The van der Waals surface area contributed by atoms with E-state index in [0.29, 0.717) is 46.2 Å². The first-order chi connectivity index (χ1) is 15.8. The van der Waals surface area contributed by atoms with E-state index in [4.69, 9.17) is 34.3 Å². The van der Waals surface area contributed by atoms with Gasteiger partial charge in [-0.1, -0.05) is 53.5 Å². The third-order valence-corrected chi connectivity index (χ3v) is 6.16. The van der Waals surface area contributed by atoms with Gasteiger partial charge in [0.2, 0.25) is 0 Å². The molecular formula is C25H22Cl2N4O2. The molecule has 0 radical (unpaired) electrons. The van der Waals surface area contributed by atoms with E-state index in [1.54, 1.807) is 36.4 Å². The molecule has 1 heterocycles. The molecule has 0 spiro atoms. The second-order valence-corrected chi connectivity index (χ2v) is 8.51. The first-order valence-electron chi connectivity index (χ1n) is 10.3. The number of halogens is 2. The van der Waals surface area contributed by atoms with Crippen LogP contribution in [0.2, 0.25) is 10.0 Å². The van der Waals surface area contributed by atoms with E-state index in [1.165, 1.54) is 0 Å². The van der Waals surface area contributed by atoms with Crippen LogP contribution in [0.25, 0.3) is 10.9 Å². The summed E-state index contributed by atoms with van der Waals surface area (Å²) in [6.45, 7) is 0.785. The van der Waals surface area contributed by atoms with Crippen molar-refractivity contribution in [3.63, 3.8) is 0 Å². The maximum absolute atomic E-state index is 13.1. The number of aromatic hydroxyl groups is 1. The van der Waals surface area contributed by atoms with Crippen LogP contribution in [0, 0.1) is 5.41 Å². The van der Waals surface area contributed by atoms with Crippen molar-refractivity contribution in [3.05, 3.63) is 99.2 Å². The summed E-state index contributed by atoms with van der Waals surface area (Å²) in [4.78, 5) is 13.1. The Morgan fingerprint density at radius 3 is 2.55 bits per heavy atom. The van der Waals surface area contributed by atoms with Crippen LogP contribution in [-0.4, -0.2) is 28.0 Å². The number of phenolic OH excluding ortho intramolecular Hbond substituents is 1. The number of amides is 1. The highest BCUT2D eigenvalue weighted by molar-refractivity contribution is 6.42. The lowest BCUT2D eigenvalue weighted by atomic mass is 10.1. The maximum Gasteiger partial charge on any atom is 0.267 e. The Morgan fingerprint density at radius 2 is 1.79 bits per heavy atom. The number of nitrogen functional groups attached to an aromatic ring is 1. The summed E-state index contributed by atoms with van der Waals surface area (Å²) >= 11 is 12.0. The van der Waals surface area contributed by atoms with Gasteiger partial charge < -0.3 is 20.7 Å². The molecule has 0 unspecified atom stereocenters. The molecule has 8 heteroatoms. The van der Waals surface area contributed by atoms with Crippen molar-refractivity contribution < 1.29 is 9.90 Å². The number of nitrogens with zero attached hydrogens (tertiary/aromatic N) is 1. The second-order valence-electron chi connectivity index (χ2n) is 7.69. The van der Waals surface area contributed by atoms with E-state index >= 15 is 0 Å². The number of fused-ring (bicyclic) bond motifs is 1. The predicted octanol–water partition coefficient (Wildman–Crippen LogP) is 4.96. The molecule has 3 aromatic carbocycles. The maximum atomic E-state index is 13.1. The van der Waals surface area contributed by atoms with Crippen molar-refractivity contribution in [1.29, 1.82) is 5.41 Å². The van der Waals surface area contributed by atoms with Gasteiger partial charge in [-0.3, -0.25) is 10.2 Å². The number of hydrogen-bond donors (Lipinski definition) is 4. The number of hydrogen-bond acceptors (Lipinski definition) is 3. The van der Waals surface area contributed by atoms with Crippen molar-refractivity contribution in [3.8, 4) is 5.75 Å². The van der Waals surface area contributed by atoms with Crippen LogP contribution in [0.3, 0.4) is 0 Å². The van der Waals surface area contributed by atoms with Crippen LogP contribution in [-0.2, 0) is 13.0 Å². The molecule has 4 rings (SSSR count). The van der Waals surface area contributed by atoms with Crippen LogP contribution < -0.4 is 11.1 Å². The Morgan fingerprint density at radius 1 is 1.00 bits per heavy atom. The highest BCUT2D eigenvalue weighted by Gasteiger charge is 2.18. The molecule has 4 aromatic rings. The fraction of sp³-hybridized carbons (Fsp3) is 0.120. The zero-order valence-electron chi connectivity index (χ0n) is 17.6. The largest absolute Gasteiger partial charge is 0.507 e. The minimum atomic E-state index is -0.256. The van der Waals surface area contributed by atoms with Crippen LogP contribution in [0.4, 0.5) is 0 Å². The van der Waals surface area contributed by atoms with Crippen molar-refractivity contribution in [2.75, 3.05) is 6.54 Å². The number of nitrogens with two attached hydrogens (primary N) is 1. The molecule has 1 aromatic heterocycles. The summed E-state index contributed by atoms with van der Waals surface area (Å²) in [5.74, 6) is -0.172. The van der Waals surface area contributed by atoms with Gasteiger partial charge in [-0.05, 0) is 53.9 Å². The number of carbonyl (C=O) groups is 1. The molecule has 0 aliphatic rings. The van der Waals surface area contributed by atoms with Gasteiger partial charge >= 0.3 is 0 Å². The highest BCUT2D eigenvalue weighted by atomic mass is 35.5. The molecule has 33 heavy (non-hydrogen) atoms. The molecular weight excluding hydrogens is 459 g/mol. The minimum Gasteiger partial charge on any atom is -0.507 e. The number of benzene rings is 3. The normalized spacial score (nSPS) is 11.0. The Bertz CT molecular complexity index is 1360. The number of rotatable bonds is 7. The molecule has 0 saturated carbocycles. The lowest BCUT2D eigenvalue weighted by Gasteiger charge is -2.12. The van der Waals surface area contributed by atoms with E-state index < -0.39 is 0 Å². The second kappa shape index (κ2) is 9.57. The first-order valence-corrected chi connectivity index (χ1v) is 11.1. The van der Waals surface area contributed by atoms with Crippen LogP contribution in [0.1, 0.15) is 27.2 Å². The number of amidine groups is 1. The molecule has 0 bridgehead atoms. The third-order valence-electron chi connectivity index (χ3n) is 5.42. The SMILES string of the molecule is N=C(N)c1cccc(Cn2c(C(=O)NCCc3ccc(Cl)c(Cl)c3)cc3c(O)cccc32)c1. The van der Waals surface area contributed by atoms with E-state index in [0.717, 1.165) is 16.6 Å². The van der Waals surface area contributed by atoms with Gasteiger partial charge in [-0.2, -0.15) is 0 Å². The summed E-state index contributed by atoms with van der Waals surface area (Å²) in [5.41, 5.74) is 9.24. The fourth-order valence-corrected chi connectivity index (χ4v) is 4.07. The summed E-state index contributed by atoms with van der Waals surface area (Å²) in [7, 11) is 0. The Hall–Kier alpha value is -3.48.